The maximum atomic E-state index is 12.8. The van der Waals surface area contributed by atoms with Crippen molar-refractivity contribution in [3.63, 3.8) is 0 Å². The second kappa shape index (κ2) is 6.86. The van der Waals surface area contributed by atoms with Crippen LogP contribution in [0.4, 0.5) is 0 Å². The zero-order chi connectivity index (χ0) is 20.7. The highest BCUT2D eigenvalue weighted by molar-refractivity contribution is 5.84. The molecule has 0 radical (unpaired) electrons. The normalized spacial score (nSPS) is 15.6. The van der Waals surface area contributed by atoms with Crippen molar-refractivity contribution >= 4 is 11.0 Å². The topological polar surface area (TPSA) is 124 Å². The Hall–Kier alpha value is -4.01. The monoisotopic (exact) mass is 396 g/mol. The Morgan fingerprint density at radius 3 is 2.69 bits per heavy atom. The fourth-order valence-electron chi connectivity index (χ4n) is 3.47. The van der Waals surface area contributed by atoms with Gasteiger partial charge in [0.1, 0.15) is 28.7 Å². The van der Waals surface area contributed by atoms with Crippen LogP contribution in [-0.4, -0.2) is 24.2 Å². The van der Waals surface area contributed by atoms with Gasteiger partial charge >= 0.3 is 11.3 Å². The maximum Gasteiger partial charge on any atom is 0.344 e. The van der Waals surface area contributed by atoms with Crippen molar-refractivity contribution < 1.29 is 23.9 Å². The number of nitrogens with one attached hydrogen (secondary N) is 1. The second-order valence-electron chi connectivity index (χ2n) is 6.31. The third kappa shape index (κ3) is 2.83. The lowest BCUT2D eigenvalue weighted by Crippen LogP contribution is -2.30. The lowest BCUT2D eigenvalue weighted by Gasteiger charge is -2.25. The minimum absolute atomic E-state index is 0.135. The summed E-state index contributed by atoms with van der Waals surface area (Å²) in [5.41, 5.74) is -1.08. The molecule has 0 bridgehead atoms. The highest BCUT2D eigenvalue weighted by atomic mass is 16.6. The lowest BCUT2D eigenvalue weighted by atomic mass is 9.86. The Labute approximate surface area is 163 Å². The molecule has 0 amide bonds. The third-order valence-electron chi connectivity index (χ3n) is 4.78. The smallest absolute Gasteiger partial charge is 0.344 e. The van der Waals surface area contributed by atoms with E-state index in [0.29, 0.717) is 11.3 Å². The summed E-state index contributed by atoms with van der Waals surface area (Å²) in [6.45, 7) is 0. The summed E-state index contributed by atoms with van der Waals surface area (Å²) in [5, 5.41) is 25.8. The number of aromatic hydroxyl groups is 1. The Balaban J connectivity index is 2.10. The van der Waals surface area contributed by atoms with Gasteiger partial charge in [0.05, 0.1) is 23.0 Å². The summed E-state index contributed by atoms with van der Waals surface area (Å²) < 4.78 is 16.2. The molecule has 0 spiro atoms. The molecule has 0 fully saturated rings. The first-order valence-corrected chi connectivity index (χ1v) is 8.63. The summed E-state index contributed by atoms with van der Waals surface area (Å²) in [7, 11) is 2.92. The van der Waals surface area contributed by atoms with Crippen LogP contribution in [0.25, 0.3) is 11.0 Å². The largest absolute Gasteiger partial charge is 0.507 e. The molecular weight excluding hydrogens is 380 g/mol. The molecule has 2 N–H and O–H groups in total. The Kier molecular flexibility index (Phi) is 4.34. The molecule has 29 heavy (non-hydrogen) atoms. The number of nitrogens with zero attached hydrogens (tertiary/aromatic N) is 1. The van der Waals surface area contributed by atoms with Gasteiger partial charge in [0, 0.05) is 12.6 Å². The van der Waals surface area contributed by atoms with Gasteiger partial charge in [0.25, 0.3) is 5.88 Å². The molecule has 2 aromatic carbocycles. The van der Waals surface area contributed by atoms with Crippen LogP contribution in [0.3, 0.4) is 0 Å². The molecule has 3 aromatic rings. The molecular formula is C20H16N2O7. The lowest BCUT2D eigenvalue weighted by molar-refractivity contribution is -0.433. The zero-order valence-corrected chi connectivity index (χ0v) is 15.5. The molecule has 0 saturated carbocycles. The van der Waals surface area contributed by atoms with Crippen LogP contribution < -0.4 is 20.4 Å². The van der Waals surface area contributed by atoms with Crippen LogP contribution in [0, 0.1) is 10.1 Å². The highest BCUT2D eigenvalue weighted by Crippen LogP contribution is 2.46. The van der Waals surface area contributed by atoms with E-state index in [1.807, 2.05) is 0 Å². The van der Waals surface area contributed by atoms with E-state index in [4.69, 9.17) is 13.9 Å². The molecule has 1 atom stereocenters. The van der Waals surface area contributed by atoms with Crippen molar-refractivity contribution in [2.45, 2.75) is 5.92 Å². The summed E-state index contributed by atoms with van der Waals surface area (Å²) in [6, 6.07) is 11.2. The van der Waals surface area contributed by atoms with Crippen LogP contribution >= 0.6 is 0 Å². The fourth-order valence-corrected chi connectivity index (χ4v) is 3.47. The van der Waals surface area contributed by atoms with Gasteiger partial charge in [-0.15, -0.1) is 0 Å². The van der Waals surface area contributed by atoms with Crippen LogP contribution in [0.1, 0.15) is 17.0 Å². The van der Waals surface area contributed by atoms with E-state index < -0.39 is 22.2 Å². The van der Waals surface area contributed by atoms with E-state index in [0.717, 1.165) is 0 Å². The minimum atomic E-state index is -1.24. The molecule has 148 valence electrons. The predicted molar refractivity (Wildman–Crippen MR) is 103 cm³/mol. The van der Waals surface area contributed by atoms with Crippen LogP contribution in [-0.2, 0) is 0 Å². The number of allylic oxidation sites excluding steroid dienone is 1. The van der Waals surface area contributed by atoms with Gasteiger partial charge in [0.15, 0.2) is 0 Å². The first-order chi connectivity index (χ1) is 14.0. The zero-order valence-electron chi connectivity index (χ0n) is 15.5. The van der Waals surface area contributed by atoms with Gasteiger partial charge < -0.3 is 24.3 Å². The van der Waals surface area contributed by atoms with Gasteiger partial charge in [-0.05, 0) is 30.3 Å². The molecule has 1 aliphatic heterocycles. The Morgan fingerprint density at radius 2 is 2.00 bits per heavy atom. The van der Waals surface area contributed by atoms with E-state index in [-0.39, 0.29) is 33.9 Å². The number of methoxy groups -OCH3 is 1. The minimum Gasteiger partial charge on any atom is -0.507 e. The number of rotatable bonds is 4. The molecule has 9 heteroatoms. The van der Waals surface area contributed by atoms with Crippen LogP contribution in [0.15, 0.2) is 63.3 Å². The average Bonchev–Trinajstić information content (AvgIpc) is 2.72. The van der Waals surface area contributed by atoms with Crippen molar-refractivity contribution in [3.8, 4) is 17.2 Å². The van der Waals surface area contributed by atoms with Crippen LogP contribution in [0.5, 0.6) is 17.2 Å². The van der Waals surface area contributed by atoms with Crippen molar-refractivity contribution in [2.24, 2.45) is 0 Å². The number of benzene rings is 2. The van der Waals surface area contributed by atoms with Crippen molar-refractivity contribution in [2.75, 3.05) is 14.2 Å². The molecule has 2 heterocycles. The first-order valence-electron chi connectivity index (χ1n) is 8.63. The maximum absolute atomic E-state index is 12.8. The number of para-hydroxylation sites is 1. The SMILES string of the molecule is CNC1=C([N+](=O)[O-])C(c2c(O)c3ccccc3oc2=O)c2cc(OC)ccc2O1. The van der Waals surface area contributed by atoms with Crippen molar-refractivity contribution in [1.82, 2.24) is 5.32 Å². The quantitative estimate of drug-likeness (QED) is 0.392. The standard InChI is InChI=1S/C20H16N2O7/c1-21-19-17(22(25)26)15(12-9-10(27-2)7-8-14(12)28-19)16-18(23)11-5-3-4-6-13(11)29-20(16)24/h3-9,15,21,23H,1-2H3. The fraction of sp³-hybridized carbons (Fsp3) is 0.150. The number of hydrogen-bond donors (Lipinski definition) is 2. The molecule has 1 aromatic heterocycles. The number of ether oxygens (including phenoxy) is 2. The molecule has 0 aliphatic carbocycles. The average molecular weight is 396 g/mol. The van der Waals surface area contributed by atoms with E-state index in [1.54, 1.807) is 30.3 Å². The molecule has 1 unspecified atom stereocenters. The Bertz CT molecular complexity index is 1230. The summed E-state index contributed by atoms with van der Waals surface area (Å²) >= 11 is 0. The third-order valence-corrected chi connectivity index (χ3v) is 4.78. The summed E-state index contributed by atoms with van der Waals surface area (Å²) in [4.78, 5) is 24.1. The van der Waals surface area contributed by atoms with Crippen molar-refractivity contribution in [3.05, 3.63) is 85.7 Å². The van der Waals surface area contributed by atoms with Gasteiger partial charge in [-0.1, -0.05) is 12.1 Å². The summed E-state index contributed by atoms with van der Waals surface area (Å²) in [5.74, 6) is -1.06. The second-order valence-corrected chi connectivity index (χ2v) is 6.31. The van der Waals surface area contributed by atoms with E-state index in [2.05, 4.69) is 5.32 Å². The molecule has 0 saturated heterocycles. The van der Waals surface area contributed by atoms with Gasteiger partial charge in [-0.25, -0.2) is 4.79 Å². The molecule has 9 nitrogen and oxygen atoms in total. The Morgan fingerprint density at radius 1 is 1.24 bits per heavy atom. The highest BCUT2D eigenvalue weighted by Gasteiger charge is 2.43. The van der Waals surface area contributed by atoms with Gasteiger partial charge in [0.2, 0.25) is 0 Å². The number of hydrogen-bond acceptors (Lipinski definition) is 8. The number of fused-ring (bicyclic) bond motifs is 2. The molecule has 4 rings (SSSR count). The summed E-state index contributed by atoms with van der Waals surface area (Å²) in [6.07, 6.45) is 0. The number of nitro groups is 1. The van der Waals surface area contributed by atoms with E-state index >= 15 is 0 Å². The van der Waals surface area contributed by atoms with Gasteiger partial charge in [-0.2, -0.15) is 0 Å². The van der Waals surface area contributed by atoms with Crippen LogP contribution in [0.2, 0.25) is 0 Å². The van der Waals surface area contributed by atoms with E-state index in [1.165, 1.54) is 26.3 Å². The van der Waals surface area contributed by atoms with E-state index in [9.17, 15) is 20.0 Å². The predicted octanol–water partition coefficient (Wildman–Crippen LogP) is 2.70. The van der Waals surface area contributed by atoms with Gasteiger partial charge in [-0.3, -0.25) is 10.1 Å². The first kappa shape index (κ1) is 18.4. The van der Waals surface area contributed by atoms with Crippen molar-refractivity contribution in [1.29, 1.82) is 0 Å². The molecule has 1 aliphatic rings.